The second kappa shape index (κ2) is 6.31. The van der Waals surface area contributed by atoms with Crippen LogP contribution in [0.5, 0.6) is 17.2 Å². The van der Waals surface area contributed by atoms with E-state index in [1.54, 1.807) is 24.3 Å². The van der Waals surface area contributed by atoms with Gasteiger partial charge in [0.25, 0.3) is 0 Å². The molecule has 0 spiro atoms. The lowest BCUT2D eigenvalue weighted by Crippen LogP contribution is -2.05. The molecule has 110 valence electrons. The Morgan fingerprint density at radius 1 is 1.10 bits per heavy atom. The van der Waals surface area contributed by atoms with Crippen molar-refractivity contribution in [3.8, 4) is 17.2 Å². The first-order valence-electron chi connectivity index (χ1n) is 6.81. The van der Waals surface area contributed by atoms with Gasteiger partial charge in [0.1, 0.15) is 17.2 Å². The van der Waals surface area contributed by atoms with Crippen LogP contribution in [-0.4, -0.2) is 23.1 Å². The van der Waals surface area contributed by atoms with Gasteiger partial charge in [0.15, 0.2) is 5.78 Å². The van der Waals surface area contributed by atoms with Crippen molar-refractivity contribution in [3.63, 3.8) is 0 Å². The molecule has 21 heavy (non-hydrogen) atoms. The van der Waals surface area contributed by atoms with Crippen LogP contribution in [0.4, 0.5) is 0 Å². The highest BCUT2D eigenvalue weighted by atomic mass is 16.5. The van der Waals surface area contributed by atoms with Crippen LogP contribution in [0, 0.1) is 0 Å². The SMILES string of the molecule is CCCc1c(O)ccc(C(=O)c2ccccc2OC)c1O. The number of benzene rings is 2. The summed E-state index contributed by atoms with van der Waals surface area (Å²) in [7, 11) is 1.49. The lowest BCUT2D eigenvalue weighted by Gasteiger charge is -2.12. The van der Waals surface area contributed by atoms with Crippen molar-refractivity contribution < 1.29 is 19.7 Å². The highest BCUT2D eigenvalue weighted by Gasteiger charge is 2.20. The summed E-state index contributed by atoms with van der Waals surface area (Å²) in [6, 6.07) is 9.71. The number of hydrogen-bond acceptors (Lipinski definition) is 4. The Labute approximate surface area is 123 Å². The van der Waals surface area contributed by atoms with Crippen molar-refractivity contribution in [1.29, 1.82) is 0 Å². The third kappa shape index (κ3) is 2.84. The van der Waals surface area contributed by atoms with Crippen molar-refractivity contribution >= 4 is 5.78 Å². The Hall–Kier alpha value is -2.49. The first-order chi connectivity index (χ1) is 10.1. The van der Waals surface area contributed by atoms with Crippen LogP contribution in [0.3, 0.4) is 0 Å². The van der Waals surface area contributed by atoms with Gasteiger partial charge in [-0.1, -0.05) is 25.5 Å². The van der Waals surface area contributed by atoms with E-state index in [9.17, 15) is 15.0 Å². The number of methoxy groups -OCH3 is 1. The molecule has 0 atom stereocenters. The van der Waals surface area contributed by atoms with Crippen molar-refractivity contribution in [2.24, 2.45) is 0 Å². The zero-order valence-corrected chi connectivity index (χ0v) is 12.1. The molecular formula is C17H18O4. The van der Waals surface area contributed by atoms with Gasteiger partial charge >= 0.3 is 0 Å². The Bertz CT molecular complexity index is 662. The number of phenolic OH excluding ortho intramolecular Hbond substituents is 2. The van der Waals surface area contributed by atoms with E-state index in [4.69, 9.17) is 4.74 Å². The predicted octanol–water partition coefficient (Wildman–Crippen LogP) is 3.29. The Kier molecular flexibility index (Phi) is 4.48. The standard InChI is InChI=1S/C17H18O4/c1-3-6-11-14(18)10-9-13(16(11)19)17(20)12-7-4-5-8-15(12)21-2/h4-5,7-10,18-19H,3,6H2,1-2H3. The summed E-state index contributed by atoms with van der Waals surface area (Å²) >= 11 is 0. The number of phenols is 2. The fourth-order valence-corrected chi connectivity index (χ4v) is 2.28. The largest absolute Gasteiger partial charge is 0.508 e. The van der Waals surface area contributed by atoms with E-state index in [1.807, 2.05) is 6.92 Å². The number of carbonyl (C=O) groups is 1. The smallest absolute Gasteiger partial charge is 0.200 e. The van der Waals surface area contributed by atoms with Crippen LogP contribution in [0.15, 0.2) is 36.4 Å². The summed E-state index contributed by atoms with van der Waals surface area (Å²) in [5, 5.41) is 20.1. The number of hydrogen-bond donors (Lipinski definition) is 2. The Morgan fingerprint density at radius 3 is 2.48 bits per heavy atom. The second-order valence-corrected chi connectivity index (χ2v) is 4.74. The van der Waals surface area contributed by atoms with E-state index in [0.29, 0.717) is 23.3 Å². The van der Waals surface area contributed by atoms with Gasteiger partial charge in [-0.3, -0.25) is 4.79 Å². The minimum Gasteiger partial charge on any atom is -0.508 e. The minimum atomic E-state index is -0.331. The fraction of sp³-hybridized carbons (Fsp3) is 0.235. The molecule has 0 heterocycles. The molecule has 2 aromatic rings. The van der Waals surface area contributed by atoms with Crippen molar-refractivity contribution in [1.82, 2.24) is 0 Å². The highest BCUT2D eigenvalue weighted by Crippen LogP contribution is 2.34. The summed E-state index contributed by atoms with van der Waals surface area (Å²) in [6.07, 6.45) is 1.26. The predicted molar refractivity (Wildman–Crippen MR) is 80.2 cm³/mol. The van der Waals surface area contributed by atoms with Crippen LogP contribution in [0.25, 0.3) is 0 Å². The van der Waals surface area contributed by atoms with E-state index in [-0.39, 0.29) is 22.8 Å². The number of rotatable bonds is 5. The maximum Gasteiger partial charge on any atom is 0.200 e. The molecule has 0 aliphatic rings. The number of carbonyl (C=O) groups excluding carboxylic acids is 1. The molecule has 0 unspecified atom stereocenters. The molecule has 4 heteroatoms. The molecule has 0 saturated heterocycles. The molecule has 2 aromatic carbocycles. The van der Waals surface area contributed by atoms with Crippen molar-refractivity contribution in [2.45, 2.75) is 19.8 Å². The van der Waals surface area contributed by atoms with E-state index < -0.39 is 0 Å². The summed E-state index contributed by atoms with van der Waals surface area (Å²) in [4.78, 5) is 12.6. The fourth-order valence-electron chi connectivity index (χ4n) is 2.28. The maximum absolute atomic E-state index is 12.6. The molecule has 2 rings (SSSR count). The first kappa shape index (κ1) is 14.9. The lowest BCUT2D eigenvalue weighted by molar-refractivity contribution is 0.103. The van der Waals surface area contributed by atoms with E-state index in [1.165, 1.54) is 19.2 Å². The zero-order valence-electron chi connectivity index (χ0n) is 12.1. The van der Waals surface area contributed by atoms with Crippen LogP contribution in [0.2, 0.25) is 0 Å². The molecule has 0 aliphatic carbocycles. The molecule has 0 saturated carbocycles. The molecule has 0 radical (unpaired) electrons. The van der Waals surface area contributed by atoms with Crippen molar-refractivity contribution in [2.75, 3.05) is 7.11 Å². The van der Waals surface area contributed by atoms with Crippen LogP contribution < -0.4 is 4.74 Å². The molecule has 0 bridgehead atoms. The van der Waals surface area contributed by atoms with Crippen molar-refractivity contribution in [3.05, 3.63) is 53.1 Å². The molecule has 2 N–H and O–H groups in total. The number of para-hydroxylation sites is 1. The molecular weight excluding hydrogens is 268 g/mol. The Balaban J connectivity index is 2.51. The number of ether oxygens (including phenoxy) is 1. The zero-order chi connectivity index (χ0) is 15.4. The van der Waals surface area contributed by atoms with Gasteiger partial charge in [-0.05, 0) is 30.7 Å². The van der Waals surface area contributed by atoms with Gasteiger partial charge in [-0.25, -0.2) is 0 Å². The molecule has 4 nitrogen and oxygen atoms in total. The molecule has 0 aliphatic heterocycles. The van der Waals surface area contributed by atoms with Crippen LogP contribution >= 0.6 is 0 Å². The van der Waals surface area contributed by atoms with Crippen LogP contribution in [0.1, 0.15) is 34.8 Å². The van der Waals surface area contributed by atoms with E-state index in [0.717, 1.165) is 6.42 Å². The molecule has 0 aromatic heterocycles. The second-order valence-electron chi connectivity index (χ2n) is 4.74. The average molecular weight is 286 g/mol. The van der Waals surface area contributed by atoms with Crippen LogP contribution in [-0.2, 0) is 6.42 Å². The monoisotopic (exact) mass is 286 g/mol. The van der Waals surface area contributed by atoms with Gasteiger partial charge in [0, 0.05) is 5.56 Å². The minimum absolute atomic E-state index is 0.00549. The van der Waals surface area contributed by atoms with Gasteiger partial charge in [0.2, 0.25) is 0 Å². The van der Waals surface area contributed by atoms with Gasteiger partial charge in [-0.15, -0.1) is 0 Å². The van der Waals surface area contributed by atoms with Gasteiger partial charge in [-0.2, -0.15) is 0 Å². The maximum atomic E-state index is 12.6. The lowest BCUT2D eigenvalue weighted by atomic mass is 9.97. The third-order valence-corrected chi connectivity index (χ3v) is 3.35. The van der Waals surface area contributed by atoms with E-state index in [2.05, 4.69) is 0 Å². The summed E-state index contributed by atoms with van der Waals surface area (Å²) in [5.74, 6) is -0.0343. The molecule has 0 amide bonds. The Morgan fingerprint density at radius 2 is 1.81 bits per heavy atom. The van der Waals surface area contributed by atoms with E-state index >= 15 is 0 Å². The number of ketones is 1. The average Bonchev–Trinajstić information content (AvgIpc) is 2.51. The topological polar surface area (TPSA) is 66.8 Å². The van der Waals surface area contributed by atoms with Gasteiger partial charge in [0.05, 0.1) is 18.2 Å². The normalized spacial score (nSPS) is 10.4. The highest BCUT2D eigenvalue weighted by molar-refractivity contribution is 6.12. The third-order valence-electron chi connectivity index (χ3n) is 3.35. The summed E-state index contributed by atoms with van der Waals surface area (Å²) in [5.41, 5.74) is 0.947. The molecule has 0 fully saturated rings. The number of aromatic hydroxyl groups is 2. The summed E-state index contributed by atoms with van der Waals surface area (Å²) in [6.45, 7) is 1.94. The summed E-state index contributed by atoms with van der Waals surface area (Å²) < 4.78 is 5.18. The quantitative estimate of drug-likeness (QED) is 0.828. The first-order valence-corrected chi connectivity index (χ1v) is 6.81. The van der Waals surface area contributed by atoms with Gasteiger partial charge < -0.3 is 14.9 Å².